The molecule has 0 saturated heterocycles. The zero-order valence-electron chi connectivity index (χ0n) is 8.46. The van der Waals surface area contributed by atoms with Crippen molar-refractivity contribution in [1.82, 2.24) is 10.6 Å². The fraction of sp³-hybridized carbons (Fsp3) is 0.800. The molecule has 0 bridgehead atoms. The van der Waals surface area contributed by atoms with Crippen molar-refractivity contribution in [2.24, 2.45) is 11.8 Å². The molecule has 0 aromatic rings. The molecule has 2 aliphatic rings. The van der Waals surface area contributed by atoms with Gasteiger partial charge < -0.3 is 5.32 Å². The van der Waals surface area contributed by atoms with Gasteiger partial charge in [0.1, 0.15) is 0 Å². The first kappa shape index (κ1) is 10.7. The van der Waals surface area contributed by atoms with Gasteiger partial charge in [0.2, 0.25) is 5.91 Å². The second kappa shape index (κ2) is 4.39. The van der Waals surface area contributed by atoms with E-state index in [2.05, 4.69) is 10.6 Å². The van der Waals surface area contributed by atoms with E-state index in [0.29, 0.717) is 0 Å². The Balaban J connectivity index is 1.66. The molecule has 2 N–H and O–H groups in total. The molecule has 84 valence electrons. The molecule has 3 amide bonds. The molecule has 0 heterocycles. The summed E-state index contributed by atoms with van der Waals surface area (Å²) in [7, 11) is 0. The van der Waals surface area contributed by atoms with E-state index in [0.717, 1.165) is 24.7 Å². The van der Waals surface area contributed by atoms with Crippen molar-refractivity contribution in [1.29, 1.82) is 0 Å². The van der Waals surface area contributed by atoms with E-state index in [4.69, 9.17) is 11.6 Å². The molecule has 0 aliphatic heterocycles. The Morgan fingerprint density at radius 1 is 1.20 bits per heavy atom. The number of hydrogen-bond donors (Lipinski definition) is 2. The number of imide groups is 1. The van der Waals surface area contributed by atoms with Crippen LogP contribution in [0.15, 0.2) is 0 Å². The minimum Gasteiger partial charge on any atom is -0.335 e. The zero-order valence-corrected chi connectivity index (χ0v) is 9.22. The lowest BCUT2D eigenvalue weighted by Crippen LogP contribution is -2.44. The predicted octanol–water partition coefficient (Wildman–Crippen LogP) is 1.24. The van der Waals surface area contributed by atoms with Gasteiger partial charge in [-0.2, -0.15) is 0 Å². The molecule has 2 atom stereocenters. The Hall–Kier alpha value is -0.770. The van der Waals surface area contributed by atoms with Gasteiger partial charge in [0, 0.05) is 18.3 Å². The lowest BCUT2D eigenvalue weighted by atomic mass is 10.2. The van der Waals surface area contributed by atoms with Gasteiger partial charge >= 0.3 is 6.03 Å². The highest BCUT2D eigenvalue weighted by Gasteiger charge is 2.46. The molecule has 0 spiro atoms. The molecule has 0 aromatic carbocycles. The molecule has 15 heavy (non-hydrogen) atoms. The van der Waals surface area contributed by atoms with E-state index < -0.39 is 0 Å². The Labute approximate surface area is 93.7 Å². The van der Waals surface area contributed by atoms with E-state index in [1.165, 1.54) is 6.42 Å². The molecule has 4 nitrogen and oxygen atoms in total. The van der Waals surface area contributed by atoms with Gasteiger partial charge in [0.25, 0.3) is 0 Å². The molecule has 2 saturated carbocycles. The minimum absolute atomic E-state index is 0.185. The smallest absolute Gasteiger partial charge is 0.321 e. The van der Waals surface area contributed by atoms with Gasteiger partial charge in [0.15, 0.2) is 0 Å². The monoisotopic (exact) mass is 230 g/mol. The number of urea groups is 1. The number of carbonyl (C=O) groups excluding carboxylic acids is 2. The molecule has 5 heteroatoms. The first-order chi connectivity index (χ1) is 7.19. The zero-order chi connectivity index (χ0) is 10.8. The number of nitrogens with one attached hydrogen (secondary N) is 2. The Kier molecular flexibility index (Phi) is 3.14. The summed E-state index contributed by atoms with van der Waals surface area (Å²) in [6.45, 7) is 0. The first-order valence-corrected chi connectivity index (χ1v) is 5.89. The Morgan fingerprint density at radius 2 is 1.87 bits per heavy atom. The number of alkyl halides is 1. The number of amides is 3. The molecule has 2 rings (SSSR count). The summed E-state index contributed by atoms with van der Waals surface area (Å²) in [5.74, 6) is 1.58. The SMILES string of the molecule is O=C(CCCl)NC(=O)NC1CC2CC2C1. The lowest BCUT2D eigenvalue weighted by molar-refractivity contribution is -0.119. The summed E-state index contributed by atoms with van der Waals surface area (Å²) >= 11 is 5.38. The molecular formula is C10H15ClN2O2. The third kappa shape index (κ3) is 2.84. The molecule has 2 unspecified atom stereocenters. The predicted molar refractivity (Wildman–Crippen MR) is 56.6 cm³/mol. The summed E-state index contributed by atoms with van der Waals surface area (Å²) < 4.78 is 0. The fourth-order valence-electron chi connectivity index (χ4n) is 2.33. The van der Waals surface area contributed by atoms with Crippen LogP contribution in [-0.2, 0) is 4.79 Å². The maximum absolute atomic E-state index is 11.3. The van der Waals surface area contributed by atoms with Crippen molar-refractivity contribution in [2.75, 3.05) is 5.88 Å². The quantitative estimate of drug-likeness (QED) is 0.717. The van der Waals surface area contributed by atoms with Crippen molar-refractivity contribution in [3.8, 4) is 0 Å². The van der Waals surface area contributed by atoms with Crippen molar-refractivity contribution >= 4 is 23.5 Å². The standard InChI is InChI=1S/C10H15ClN2O2/c11-2-1-9(14)13-10(15)12-8-4-6-3-7(6)5-8/h6-8H,1-5H2,(H2,12,13,14,15). The molecule has 0 radical (unpaired) electrons. The molecule has 0 aromatic heterocycles. The van der Waals surface area contributed by atoms with Crippen LogP contribution < -0.4 is 10.6 Å². The average Bonchev–Trinajstić information content (AvgIpc) is 2.74. The summed E-state index contributed by atoms with van der Waals surface area (Å²) in [6.07, 6.45) is 3.65. The molecule has 2 fully saturated rings. The fourth-order valence-corrected chi connectivity index (χ4v) is 2.50. The van der Waals surface area contributed by atoms with Crippen LogP contribution in [-0.4, -0.2) is 23.9 Å². The van der Waals surface area contributed by atoms with E-state index in [-0.39, 0.29) is 30.3 Å². The van der Waals surface area contributed by atoms with Gasteiger partial charge in [-0.25, -0.2) is 4.79 Å². The second-order valence-corrected chi connectivity index (χ2v) is 4.76. The van der Waals surface area contributed by atoms with E-state index in [1.54, 1.807) is 0 Å². The maximum Gasteiger partial charge on any atom is 0.321 e. The highest BCUT2D eigenvalue weighted by atomic mass is 35.5. The van der Waals surface area contributed by atoms with E-state index in [1.807, 2.05) is 0 Å². The van der Waals surface area contributed by atoms with Crippen molar-refractivity contribution in [3.63, 3.8) is 0 Å². The van der Waals surface area contributed by atoms with Gasteiger partial charge in [-0.15, -0.1) is 11.6 Å². The largest absolute Gasteiger partial charge is 0.335 e. The summed E-state index contributed by atoms with van der Waals surface area (Å²) in [5, 5.41) is 5.08. The topological polar surface area (TPSA) is 58.2 Å². The summed E-state index contributed by atoms with van der Waals surface area (Å²) in [5.41, 5.74) is 0. The second-order valence-electron chi connectivity index (χ2n) is 4.38. The number of hydrogen-bond acceptors (Lipinski definition) is 2. The van der Waals surface area contributed by atoms with Crippen molar-refractivity contribution in [2.45, 2.75) is 31.7 Å². The first-order valence-electron chi connectivity index (χ1n) is 5.35. The minimum atomic E-state index is -0.378. The number of rotatable bonds is 3. The maximum atomic E-state index is 11.3. The van der Waals surface area contributed by atoms with Crippen molar-refractivity contribution < 1.29 is 9.59 Å². The van der Waals surface area contributed by atoms with Gasteiger partial charge in [-0.05, 0) is 31.1 Å². The van der Waals surface area contributed by atoms with Gasteiger partial charge in [-0.1, -0.05) is 0 Å². The third-order valence-corrected chi connectivity index (χ3v) is 3.34. The van der Waals surface area contributed by atoms with Crippen LogP contribution in [0.5, 0.6) is 0 Å². The van der Waals surface area contributed by atoms with Crippen LogP contribution >= 0.6 is 11.6 Å². The van der Waals surface area contributed by atoms with Crippen LogP contribution in [0.25, 0.3) is 0 Å². The average molecular weight is 231 g/mol. The number of carbonyl (C=O) groups is 2. The van der Waals surface area contributed by atoms with Crippen LogP contribution in [0.3, 0.4) is 0 Å². The van der Waals surface area contributed by atoms with E-state index in [9.17, 15) is 9.59 Å². The van der Waals surface area contributed by atoms with Crippen LogP contribution in [0.2, 0.25) is 0 Å². The highest BCUT2D eigenvalue weighted by molar-refractivity contribution is 6.19. The van der Waals surface area contributed by atoms with Crippen LogP contribution in [0.1, 0.15) is 25.7 Å². The van der Waals surface area contributed by atoms with Crippen molar-refractivity contribution in [3.05, 3.63) is 0 Å². The molecular weight excluding hydrogens is 216 g/mol. The van der Waals surface area contributed by atoms with Crippen LogP contribution in [0.4, 0.5) is 4.79 Å². The Morgan fingerprint density at radius 3 is 2.47 bits per heavy atom. The highest BCUT2D eigenvalue weighted by Crippen LogP contribution is 2.51. The Bertz CT molecular complexity index is 273. The normalized spacial score (nSPS) is 31.9. The summed E-state index contributed by atoms with van der Waals surface area (Å²) in [6, 6.07) is -0.117. The van der Waals surface area contributed by atoms with Gasteiger partial charge in [-0.3, -0.25) is 10.1 Å². The number of halogens is 1. The lowest BCUT2D eigenvalue weighted by Gasteiger charge is -2.13. The van der Waals surface area contributed by atoms with Crippen LogP contribution in [0, 0.1) is 11.8 Å². The van der Waals surface area contributed by atoms with Gasteiger partial charge in [0.05, 0.1) is 0 Å². The molecule has 2 aliphatic carbocycles. The number of fused-ring (bicyclic) bond motifs is 1. The summed E-state index contributed by atoms with van der Waals surface area (Å²) in [4.78, 5) is 22.4. The third-order valence-electron chi connectivity index (χ3n) is 3.15. The van der Waals surface area contributed by atoms with E-state index >= 15 is 0 Å².